The van der Waals surface area contributed by atoms with Crippen LogP contribution in [0.25, 0.3) is 0 Å². The second-order valence-electron chi connectivity index (χ2n) is 4.68. The number of aromatic nitrogens is 2. The van der Waals surface area contributed by atoms with Gasteiger partial charge in [-0.2, -0.15) is 0 Å². The Morgan fingerprint density at radius 2 is 2.00 bits per heavy atom. The minimum Gasteiger partial charge on any atom is -0.439 e. The molecule has 3 N–H and O–H groups in total. The largest absolute Gasteiger partial charge is 0.439 e. The fourth-order valence-electron chi connectivity index (χ4n) is 1.79. The van der Waals surface area contributed by atoms with Gasteiger partial charge in [-0.05, 0) is 30.0 Å². The molecule has 0 radical (unpaired) electrons. The average Bonchev–Trinajstić information content (AvgIpc) is 2.38. The average molecular weight is 258 g/mol. The highest BCUT2D eigenvalue weighted by atomic mass is 16.5. The standard InChI is InChI=1S/C14H18N4O/c1-9(2)11-5-4-10(3)6-12(11)19-14-7-13(18-15)16-8-17-14/h4-9H,15H2,1-3H3,(H,16,17,18). The molecule has 5 nitrogen and oxygen atoms in total. The number of anilines is 1. The number of nitrogen functional groups attached to an aromatic ring is 1. The van der Waals surface area contributed by atoms with Gasteiger partial charge in [-0.25, -0.2) is 15.8 Å². The molecule has 100 valence electrons. The lowest BCUT2D eigenvalue weighted by molar-refractivity contribution is 0.453. The number of nitrogens with zero attached hydrogens (tertiary/aromatic N) is 2. The van der Waals surface area contributed by atoms with Gasteiger partial charge in [-0.15, -0.1) is 0 Å². The minimum atomic E-state index is 0.379. The third kappa shape index (κ3) is 3.20. The molecular weight excluding hydrogens is 240 g/mol. The Morgan fingerprint density at radius 1 is 1.21 bits per heavy atom. The molecule has 0 aliphatic rings. The summed E-state index contributed by atoms with van der Waals surface area (Å²) in [6.45, 7) is 6.29. The summed E-state index contributed by atoms with van der Waals surface area (Å²) in [5, 5.41) is 0. The molecule has 0 spiro atoms. The van der Waals surface area contributed by atoms with Crippen molar-refractivity contribution in [2.24, 2.45) is 5.84 Å². The molecule has 0 saturated carbocycles. The van der Waals surface area contributed by atoms with E-state index in [2.05, 4.69) is 41.4 Å². The summed E-state index contributed by atoms with van der Waals surface area (Å²) in [6, 6.07) is 7.83. The van der Waals surface area contributed by atoms with Crippen molar-refractivity contribution in [1.82, 2.24) is 9.97 Å². The monoisotopic (exact) mass is 258 g/mol. The summed E-state index contributed by atoms with van der Waals surface area (Å²) in [6.07, 6.45) is 1.41. The molecule has 0 saturated heterocycles. The van der Waals surface area contributed by atoms with Gasteiger partial charge in [0.1, 0.15) is 17.9 Å². The number of rotatable bonds is 4. The second kappa shape index (κ2) is 5.67. The molecule has 19 heavy (non-hydrogen) atoms. The van der Waals surface area contributed by atoms with Crippen molar-refractivity contribution in [2.75, 3.05) is 5.43 Å². The van der Waals surface area contributed by atoms with E-state index in [9.17, 15) is 0 Å². The maximum Gasteiger partial charge on any atom is 0.224 e. The van der Waals surface area contributed by atoms with E-state index in [-0.39, 0.29) is 0 Å². The molecule has 0 atom stereocenters. The van der Waals surface area contributed by atoms with Crippen LogP contribution < -0.4 is 16.0 Å². The van der Waals surface area contributed by atoms with E-state index < -0.39 is 0 Å². The quantitative estimate of drug-likeness (QED) is 0.651. The molecule has 0 aliphatic carbocycles. The summed E-state index contributed by atoms with van der Waals surface area (Å²) in [5.74, 6) is 7.50. The minimum absolute atomic E-state index is 0.379. The topological polar surface area (TPSA) is 73.1 Å². The van der Waals surface area contributed by atoms with Gasteiger partial charge < -0.3 is 10.2 Å². The Labute approximate surface area is 112 Å². The van der Waals surface area contributed by atoms with Crippen LogP contribution in [-0.2, 0) is 0 Å². The van der Waals surface area contributed by atoms with Crippen molar-refractivity contribution < 1.29 is 4.74 Å². The molecule has 0 fully saturated rings. The molecule has 1 aromatic heterocycles. The fraction of sp³-hybridized carbons (Fsp3) is 0.286. The number of hydrazine groups is 1. The summed E-state index contributed by atoms with van der Waals surface area (Å²) < 4.78 is 5.85. The lowest BCUT2D eigenvalue weighted by atomic mass is 10.0. The maximum atomic E-state index is 5.85. The van der Waals surface area contributed by atoms with E-state index in [1.807, 2.05) is 13.0 Å². The smallest absolute Gasteiger partial charge is 0.224 e. The summed E-state index contributed by atoms with van der Waals surface area (Å²) in [4.78, 5) is 8.03. The van der Waals surface area contributed by atoms with Gasteiger partial charge in [0.05, 0.1) is 0 Å². The van der Waals surface area contributed by atoms with Gasteiger partial charge in [0.2, 0.25) is 5.88 Å². The van der Waals surface area contributed by atoms with Crippen LogP contribution in [0, 0.1) is 6.92 Å². The number of hydrogen-bond donors (Lipinski definition) is 2. The fourth-order valence-corrected chi connectivity index (χ4v) is 1.79. The van der Waals surface area contributed by atoms with Gasteiger partial charge in [0.15, 0.2) is 0 Å². The SMILES string of the molecule is Cc1ccc(C(C)C)c(Oc2cc(NN)ncn2)c1. The van der Waals surface area contributed by atoms with E-state index in [0.717, 1.165) is 16.9 Å². The van der Waals surface area contributed by atoms with Crippen molar-refractivity contribution in [1.29, 1.82) is 0 Å². The molecule has 1 heterocycles. The second-order valence-corrected chi connectivity index (χ2v) is 4.68. The van der Waals surface area contributed by atoms with E-state index >= 15 is 0 Å². The maximum absolute atomic E-state index is 5.85. The van der Waals surface area contributed by atoms with Crippen LogP contribution in [0.3, 0.4) is 0 Å². The molecule has 2 aromatic rings. The summed E-state index contributed by atoms with van der Waals surface area (Å²) in [5.41, 5.74) is 4.76. The molecule has 0 unspecified atom stereocenters. The van der Waals surface area contributed by atoms with E-state index in [0.29, 0.717) is 17.6 Å². The van der Waals surface area contributed by atoms with Crippen LogP contribution in [0.4, 0.5) is 5.82 Å². The van der Waals surface area contributed by atoms with Crippen LogP contribution in [0.15, 0.2) is 30.6 Å². The predicted octanol–water partition coefficient (Wildman–Crippen LogP) is 2.99. The normalized spacial score (nSPS) is 10.6. The highest BCUT2D eigenvalue weighted by Crippen LogP contribution is 2.30. The Morgan fingerprint density at radius 3 is 2.68 bits per heavy atom. The van der Waals surface area contributed by atoms with Gasteiger partial charge in [-0.1, -0.05) is 26.0 Å². The zero-order chi connectivity index (χ0) is 13.8. The first kappa shape index (κ1) is 13.3. The first-order valence-corrected chi connectivity index (χ1v) is 6.17. The highest BCUT2D eigenvalue weighted by molar-refractivity contribution is 5.43. The first-order chi connectivity index (χ1) is 9.10. The van der Waals surface area contributed by atoms with Gasteiger partial charge >= 0.3 is 0 Å². The zero-order valence-corrected chi connectivity index (χ0v) is 11.3. The van der Waals surface area contributed by atoms with Crippen molar-refractivity contribution in [3.63, 3.8) is 0 Å². The number of nitrogens with two attached hydrogens (primary N) is 1. The van der Waals surface area contributed by atoms with Gasteiger partial charge in [0, 0.05) is 6.07 Å². The van der Waals surface area contributed by atoms with Crippen LogP contribution in [0.1, 0.15) is 30.9 Å². The Balaban J connectivity index is 2.33. The number of benzene rings is 1. The molecular formula is C14H18N4O. The van der Waals surface area contributed by atoms with Crippen molar-refractivity contribution >= 4 is 5.82 Å². The lowest BCUT2D eigenvalue weighted by Gasteiger charge is -2.14. The number of ether oxygens (including phenoxy) is 1. The Kier molecular flexibility index (Phi) is 3.97. The number of nitrogens with one attached hydrogen (secondary N) is 1. The lowest BCUT2D eigenvalue weighted by Crippen LogP contribution is -2.08. The van der Waals surface area contributed by atoms with Gasteiger partial charge in [0.25, 0.3) is 0 Å². The molecule has 5 heteroatoms. The van der Waals surface area contributed by atoms with Crippen molar-refractivity contribution in [3.05, 3.63) is 41.7 Å². The third-order valence-corrected chi connectivity index (χ3v) is 2.80. The first-order valence-electron chi connectivity index (χ1n) is 6.17. The number of aryl methyl sites for hydroxylation is 1. The molecule has 0 aliphatic heterocycles. The van der Waals surface area contributed by atoms with Crippen LogP contribution in [0.5, 0.6) is 11.6 Å². The Bertz CT molecular complexity index is 569. The van der Waals surface area contributed by atoms with E-state index in [1.165, 1.54) is 6.33 Å². The zero-order valence-electron chi connectivity index (χ0n) is 11.3. The summed E-state index contributed by atoms with van der Waals surface area (Å²) >= 11 is 0. The van der Waals surface area contributed by atoms with Crippen LogP contribution >= 0.6 is 0 Å². The predicted molar refractivity (Wildman–Crippen MR) is 75.2 cm³/mol. The highest BCUT2D eigenvalue weighted by Gasteiger charge is 2.10. The number of hydrogen-bond acceptors (Lipinski definition) is 5. The van der Waals surface area contributed by atoms with Crippen LogP contribution in [-0.4, -0.2) is 9.97 Å². The van der Waals surface area contributed by atoms with E-state index in [4.69, 9.17) is 10.6 Å². The molecule has 0 amide bonds. The van der Waals surface area contributed by atoms with Crippen molar-refractivity contribution in [2.45, 2.75) is 26.7 Å². The molecule has 2 rings (SSSR count). The van der Waals surface area contributed by atoms with Crippen LogP contribution in [0.2, 0.25) is 0 Å². The van der Waals surface area contributed by atoms with Gasteiger partial charge in [-0.3, -0.25) is 0 Å². The third-order valence-electron chi connectivity index (χ3n) is 2.80. The van der Waals surface area contributed by atoms with Crippen molar-refractivity contribution in [3.8, 4) is 11.6 Å². The molecule has 1 aromatic carbocycles. The molecule has 0 bridgehead atoms. The summed E-state index contributed by atoms with van der Waals surface area (Å²) in [7, 11) is 0. The Hall–Kier alpha value is -2.14. The van der Waals surface area contributed by atoms with E-state index in [1.54, 1.807) is 6.07 Å².